The predicted octanol–water partition coefficient (Wildman–Crippen LogP) is -0.260. The Kier molecular flexibility index (Phi) is 4.19. The predicted molar refractivity (Wildman–Crippen MR) is 76.0 cm³/mol. The highest BCUT2D eigenvalue weighted by Gasteiger charge is 2.32. The average molecular weight is 301 g/mol. The van der Waals surface area contributed by atoms with Crippen molar-refractivity contribution in [2.45, 2.75) is 16.9 Å². The Balaban J connectivity index is 2.23. The van der Waals surface area contributed by atoms with Gasteiger partial charge in [-0.25, -0.2) is 13.1 Å². The molecule has 2 rings (SSSR count). The summed E-state index contributed by atoms with van der Waals surface area (Å²) >= 11 is 0. The Hall–Kier alpha value is -1.35. The summed E-state index contributed by atoms with van der Waals surface area (Å²) in [7, 11) is -2.29. The van der Waals surface area contributed by atoms with Crippen molar-refractivity contribution in [3.63, 3.8) is 0 Å². The molecule has 1 unspecified atom stereocenters. The minimum Gasteiger partial charge on any atom is -0.399 e. The standard InChI is InChI=1S/C12H19N3O4S/c1-14-20(17,18)11-6-9(13)2-3-10(11)15-7-12(16)4-5-19-8-12/h2-3,6,14-16H,4-5,7-8,13H2,1H3. The highest BCUT2D eigenvalue weighted by Crippen LogP contribution is 2.26. The van der Waals surface area contributed by atoms with Crippen LogP contribution in [-0.2, 0) is 14.8 Å². The molecule has 0 spiro atoms. The lowest BCUT2D eigenvalue weighted by Gasteiger charge is -2.22. The van der Waals surface area contributed by atoms with Gasteiger partial charge in [0.2, 0.25) is 10.0 Å². The molecule has 1 saturated heterocycles. The third-order valence-corrected chi connectivity index (χ3v) is 4.71. The summed E-state index contributed by atoms with van der Waals surface area (Å²) in [6, 6.07) is 4.56. The number of nitrogens with two attached hydrogens (primary N) is 1. The van der Waals surface area contributed by atoms with Gasteiger partial charge in [-0.3, -0.25) is 0 Å². The minimum absolute atomic E-state index is 0.0579. The third-order valence-electron chi connectivity index (χ3n) is 3.25. The molecule has 0 aromatic heterocycles. The molecule has 1 aromatic carbocycles. The smallest absolute Gasteiger partial charge is 0.242 e. The highest BCUT2D eigenvalue weighted by atomic mass is 32.2. The summed E-state index contributed by atoms with van der Waals surface area (Å²) in [5.74, 6) is 0. The monoisotopic (exact) mass is 301 g/mol. The molecular formula is C12H19N3O4S. The van der Waals surface area contributed by atoms with Gasteiger partial charge in [0, 0.05) is 25.3 Å². The largest absolute Gasteiger partial charge is 0.399 e. The topological polar surface area (TPSA) is 114 Å². The molecule has 0 radical (unpaired) electrons. The maximum Gasteiger partial charge on any atom is 0.242 e. The lowest BCUT2D eigenvalue weighted by atomic mass is 10.0. The van der Waals surface area contributed by atoms with E-state index in [2.05, 4.69) is 10.0 Å². The zero-order valence-corrected chi connectivity index (χ0v) is 12.0. The number of benzene rings is 1. The van der Waals surface area contributed by atoms with E-state index in [0.29, 0.717) is 24.4 Å². The fraction of sp³-hybridized carbons (Fsp3) is 0.500. The SMILES string of the molecule is CNS(=O)(=O)c1cc(N)ccc1NCC1(O)CCOC1. The number of hydrogen-bond donors (Lipinski definition) is 4. The summed E-state index contributed by atoms with van der Waals surface area (Å²) in [4.78, 5) is 0.0579. The fourth-order valence-corrected chi connectivity index (χ4v) is 2.95. The molecule has 112 valence electrons. The van der Waals surface area contributed by atoms with Gasteiger partial charge in [0.15, 0.2) is 0 Å². The van der Waals surface area contributed by atoms with Crippen molar-refractivity contribution in [2.75, 3.05) is 37.9 Å². The van der Waals surface area contributed by atoms with Crippen LogP contribution in [0.15, 0.2) is 23.1 Å². The first-order valence-corrected chi connectivity index (χ1v) is 7.72. The van der Waals surface area contributed by atoms with Crippen LogP contribution < -0.4 is 15.8 Å². The molecule has 1 fully saturated rings. The van der Waals surface area contributed by atoms with Gasteiger partial charge in [0.05, 0.1) is 12.3 Å². The Morgan fingerprint density at radius 2 is 2.25 bits per heavy atom. The molecule has 1 aliphatic rings. The van der Waals surface area contributed by atoms with E-state index >= 15 is 0 Å². The first-order chi connectivity index (χ1) is 9.36. The number of nitrogens with one attached hydrogen (secondary N) is 2. The van der Waals surface area contributed by atoms with E-state index in [1.54, 1.807) is 12.1 Å². The summed E-state index contributed by atoms with van der Waals surface area (Å²) in [5, 5.41) is 13.1. The lowest BCUT2D eigenvalue weighted by molar-refractivity contribution is 0.0381. The average Bonchev–Trinajstić information content (AvgIpc) is 2.84. The van der Waals surface area contributed by atoms with Crippen LogP contribution in [0.25, 0.3) is 0 Å². The molecule has 8 heteroatoms. The van der Waals surface area contributed by atoms with E-state index in [4.69, 9.17) is 10.5 Å². The van der Waals surface area contributed by atoms with Gasteiger partial charge in [-0.15, -0.1) is 0 Å². The van der Waals surface area contributed by atoms with E-state index in [0.717, 1.165) is 0 Å². The van der Waals surface area contributed by atoms with Crippen LogP contribution in [-0.4, -0.2) is 45.9 Å². The van der Waals surface area contributed by atoms with Crippen LogP contribution in [0, 0.1) is 0 Å². The van der Waals surface area contributed by atoms with Crippen molar-refractivity contribution in [3.05, 3.63) is 18.2 Å². The third kappa shape index (κ3) is 3.21. The van der Waals surface area contributed by atoms with Crippen LogP contribution in [0.3, 0.4) is 0 Å². The Morgan fingerprint density at radius 1 is 1.50 bits per heavy atom. The number of aliphatic hydroxyl groups is 1. The van der Waals surface area contributed by atoms with Crippen LogP contribution >= 0.6 is 0 Å². The molecule has 1 aliphatic heterocycles. The summed E-state index contributed by atoms with van der Waals surface area (Å²) in [5.41, 5.74) is 5.41. The molecule has 0 saturated carbocycles. The van der Waals surface area contributed by atoms with Crippen molar-refractivity contribution in [2.24, 2.45) is 0 Å². The zero-order valence-electron chi connectivity index (χ0n) is 11.2. The Labute approximate surface area is 118 Å². The number of sulfonamides is 1. The van der Waals surface area contributed by atoms with Gasteiger partial charge in [-0.2, -0.15) is 0 Å². The highest BCUT2D eigenvalue weighted by molar-refractivity contribution is 7.89. The molecule has 1 aromatic rings. The number of anilines is 2. The maximum atomic E-state index is 12.0. The number of ether oxygens (including phenoxy) is 1. The van der Waals surface area contributed by atoms with Crippen molar-refractivity contribution in [1.29, 1.82) is 0 Å². The molecule has 0 bridgehead atoms. The normalized spacial score (nSPS) is 22.9. The Morgan fingerprint density at radius 3 is 2.85 bits per heavy atom. The second kappa shape index (κ2) is 5.57. The summed E-state index contributed by atoms with van der Waals surface area (Å²) < 4.78 is 31.3. The zero-order chi connectivity index (χ0) is 14.8. The van der Waals surface area contributed by atoms with Gasteiger partial charge in [-0.1, -0.05) is 0 Å². The van der Waals surface area contributed by atoms with Gasteiger partial charge in [0.1, 0.15) is 10.5 Å². The second-order valence-corrected chi connectivity index (χ2v) is 6.70. The second-order valence-electron chi connectivity index (χ2n) is 4.84. The molecule has 5 N–H and O–H groups in total. The van der Waals surface area contributed by atoms with E-state index in [1.807, 2.05) is 0 Å². The van der Waals surface area contributed by atoms with Crippen molar-refractivity contribution in [1.82, 2.24) is 4.72 Å². The van der Waals surface area contributed by atoms with Crippen LogP contribution in [0.2, 0.25) is 0 Å². The Bertz CT molecular complexity index is 582. The van der Waals surface area contributed by atoms with Gasteiger partial charge in [-0.05, 0) is 25.2 Å². The van der Waals surface area contributed by atoms with E-state index < -0.39 is 15.6 Å². The summed E-state index contributed by atoms with van der Waals surface area (Å²) in [6.45, 7) is 0.952. The van der Waals surface area contributed by atoms with Crippen LogP contribution in [0.5, 0.6) is 0 Å². The first-order valence-electron chi connectivity index (χ1n) is 6.23. The number of hydrogen-bond acceptors (Lipinski definition) is 6. The fourth-order valence-electron chi connectivity index (χ4n) is 2.01. The van der Waals surface area contributed by atoms with Gasteiger partial charge >= 0.3 is 0 Å². The quantitative estimate of drug-likeness (QED) is 0.557. The van der Waals surface area contributed by atoms with Crippen LogP contribution in [0.1, 0.15) is 6.42 Å². The molecule has 1 heterocycles. The van der Waals surface area contributed by atoms with Gasteiger partial charge in [0.25, 0.3) is 0 Å². The number of rotatable bonds is 5. The first kappa shape index (κ1) is 15.0. The molecule has 7 nitrogen and oxygen atoms in total. The van der Waals surface area contributed by atoms with E-state index in [9.17, 15) is 13.5 Å². The van der Waals surface area contributed by atoms with Crippen LogP contribution in [0.4, 0.5) is 11.4 Å². The molecular weight excluding hydrogens is 282 g/mol. The minimum atomic E-state index is -3.62. The van der Waals surface area contributed by atoms with E-state index in [1.165, 1.54) is 13.1 Å². The van der Waals surface area contributed by atoms with Crippen molar-refractivity contribution in [3.8, 4) is 0 Å². The van der Waals surface area contributed by atoms with E-state index in [-0.39, 0.29) is 18.0 Å². The summed E-state index contributed by atoms with van der Waals surface area (Å²) in [6.07, 6.45) is 0.517. The van der Waals surface area contributed by atoms with Gasteiger partial charge < -0.3 is 20.9 Å². The number of nitrogen functional groups attached to an aromatic ring is 1. The van der Waals surface area contributed by atoms with Crippen molar-refractivity contribution < 1.29 is 18.3 Å². The molecule has 0 amide bonds. The van der Waals surface area contributed by atoms with Crippen molar-refractivity contribution >= 4 is 21.4 Å². The molecule has 0 aliphatic carbocycles. The molecule has 1 atom stereocenters. The molecule has 20 heavy (non-hydrogen) atoms. The lowest BCUT2D eigenvalue weighted by Crippen LogP contribution is -2.37. The maximum absolute atomic E-state index is 12.0.